The number of aromatic nitrogens is 1. The number of carbonyl (C=O) groups is 2. The minimum atomic E-state index is -0.266. The second-order valence-electron chi connectivity index (χ2n) is 7.55. The van der Waals surface area contributed by atoms with Crippen LogP contribution >= 0.6 is 0 Å². The van der Waals surface area contributed by atoms with Crippen molar-refractivity contribution >= 4 is 11.8 Å². The summed E-state index contributed by atoms with van der Waals surface area (Å²) in [6, 6.07) is 20.4. The Morgan fingerprint density at radius 3 is 2.55 bits per heavy atom. The minimum Gasteiger partial charge on any atom is -0.489 e. The molecule has 3 aromatic rings. The number of hydrogen-bond donors (Lipinski definition) is 1. The van der Waals surface area contributed by atoms with Gasteiger partial charge in [0.2, 0.25) is 5.91 Å². The van der Waals surface area contributed by atoms with Crippen LogP contribution in [0.3, 0.4) is 0 Å². The smallest absolute Gasteiger partial charge is 0.251 e. The zero-order valence-electron chi connectivity index (χ0n) is 17.2. The highest BCUT2D eigenvalue weighted by Crippen LogP contribution is 2.20. The normalized spacial score (nSPS) is 14.3. The van der Waals surface area contributed by atoms with E-state index in [1.807, 2.05) is 47.4 Å². The summed E-state index contributed by atoms with van der Waals surface area (Å²) >= 11 is 0. The number of hydrogen-bond acceptors (Lipinski definition) is 4. The van der Waals surface area contributed by atoms with Crippen molar-refractivity contribution in [3.05, 3.63) is 95.8 Å². The van der Waals surface area contributed by atoms with Gasteiger partial charge in [-0.15, -0.1) is 0 Å². The van der Waals surface area contributed by atoms with E-state index in [9.17, 15) is 9.59 Å². The van der Waals surface area contributed by atoms with Crippen molar-refractivity contribution in [1.29, 1.82) is 0 Å². The largest absolute Gasteiger partial charge is 0.489 e. The molecule has 2 amide bonds. The van der Waals surface area contributed by atoms with Gasteiger partial charge in [-0.2, -0.15) is 0 Å². The number of pyridine rings is 1. The maximum absolute atomic E-state index is 12.9. The molecule has 1 N–H and O–H groups in total. The molecule has 1 fully saturated rings. The third-order valence-corrected chi connectivity index (χ3v) is 5.33. The summed E-state index contributed by atoms with van der Waals surface area (Å²) in [4.78, 5) is 30.9. The van der Waals surface area contributed by atoms with Crippen LogP contribution in [-0.4, -0.2) is 34.8 Å². The molecule has 0 saturated carbocycles. The Kier molecular flexibility index (Phi) is 6.57. The first kappa shape index (κ1) is 20.6. The number of nitrogens with one attached hydrogen (secondary N) is 1. The number of rotatable bonds is 8. The Labute approximate surface area is 181 Å². The molecule has 6 nitrogen and oxygen atoms in total. The SMILES string of the molecule is O=C(NC(CN1CCCC1=O)c1ccccc1)c1ccc(OCc2cccnc2)cc1. The first-order valence-electron chi connectivity index (χ1n) is 10.4. The van der Waals surface area contributed by atoms with E-state index in [0.717, 1.165) is 24.1 Å². The summed E-state index contributed by atoms with van der Waals surface area (Å²) in [5.74, 6) is 0.646. The molecule has 1 atom stereocenters. The molecule has 1 aliphatic rings. The predicted octanol–water partition coefficient (Wildman–Crippen LogP) is 3.75. The fraction of sp³-hybridized carbons (Fsp3) is 0.240. The molecule has 31 heavy (non-hydrogen) atoms. The fourth-order valence-electron chi connectivity index (χ4n) is 3.63. The van der Waals surface area contributed by atoms with E-state index in [-0.39, 0.29) is 17.9 Å². The van der Waals surface area contributed by atoms with Gasteiger partial charge in [0.1, 0.15) is 12.4 Å². The molecule has 2 aromatic carbocycles. The highest BCUT2D eigenvalue weighted by molar-refractivity contribution is 5.94. The maximum atomic E-state index is 12.9. The summed E-state index contributed by atoms with van der Waals surface area (Å²) in [5, 5.41) is 3.09. The van der Waals surface area contributed by atoms with Crippen molar-refractivity contribution in [2.75, 3.05) is 13.1 Å². The lowest BCUT2D eigenvalue weighted by Crippen LogP contribution is -2.38. The number of likely N-dealkylation sites (tertiary alicyclic amines) is 1. The standard InChI is InChI=1S/C25H25N3O3/c29-24-9-5-15-28(24)17-23(20-7-2-1-3-8-20)27-25(30)21-10-12-22(13-11-21)31-18-19-6-4-14-26-16-19/h1-4,6-8,10-14,16,23H,5,9,15,17-18H2,(H,27,30). The summed E-state index contributed by atoms with van der Waals surface area (Å²) < 4.78 is 5.76. The summed E-state index contributed by atoms with van der Waals surface area (Å²) in [5.41, 5.74) is 2.50. The van der Waals surface area contributed by atoms with Gasteiger partial charge >= 0.3 is 0 Å². The van der Waals surface area contributed by atoms with Crippen LogP contribution in [0.1, 0.15) is 40.4 Å². The third-order valence-electron chi connectivity index (χ3n) is 5.33. The van der Waals surface area contributed by atoms with Crippen molar-refractivity contribution in [3.63, 3.8) is 0 Å². The molecule has 6 heteroatoms. The summed E-state index contributed by atoms with van der Waals surface area (Å²) in [6.07, 6.45) is 4.93. The zero-order chi connectivity index (χ0) is 21.5. The van der Waals surface area contributed by atoms with E-state index in [0.29, 0.717) is 30.9 Å². The molecule has 0 aliphatic carbocycles. The zero-order valence-corrected chi connectivity index (χ0v) is 17.2. The number of nitrogens with zero attached hydrogens (tertiary/aromatic N) is 2. The van der Waals surface area contributed by atoms with Gasteiger partial charge < -0.3 is 15.0 Å². The quantitative estimate of drug-likeness (QED) is 0.608. The highest BCUT2D eigenvalue weighted by atomic mass is 16.5. The predicted molar refractivity (Wildman–Crippen MR) is 117 cm³/mol. The van der Waals surface area contributed by atoms with Crippen LogP contribution < -0.4 is 10.1 Å². The molecule has 4 rings (SSSR count). The average Bonchev–Trinajstić information content (AvgIpc) is 3.23. The van der Waals surface area contributed by atoms with Gasteiger partial charge in [0.15, 0.2) is 0 Å². The first-order chi connectivity index (χ1) is 15.2. The fourth-order valence-corrected chi connectivity index (χ4v) is 3.63. The number of carbonyl (C=O) groups excluding carboxylic acids is 2. The second kappa shape index (κ2) is 9.89. The molecule has 1 saturated heterocycles. The Morgan fingerprint density at radius 2 is 1.87 bits per heavy atom. The van der Waals surface area contributed by atoms with E-state index in [2.05, 4.69) is 10.3 Å². The van der Waals surface area contributed by atoms with Crippen molar-refractivity contribution < 1.29 is 14.3 Å². The Hall–Kier alpha value is -3.67. The highest BCUT2D eigenvalue weighted by Gasteiger charge is 2.25. The molecule has 0 bridgehead atoms. The number of benzene rings is 2. The van der Waals surface area contributed by atoms with Crippen LogP contribution in [0.2, 0.25) is 0 Å². The van der Waals surface area contributed by atoms with Gasteiger partial charge in [-0.1, -0.05) is 36.4 Å². The lowest BCUT2D eigenvalue weighted by molar-refractivity contribution is -0.128. The molecule has 0 spiro atoms. The van der Waals surface area contributed by atoms with Crippen molar-refractivity contribution in [2.24, 2.45) is 0 Å². The van der Waals surface area contributed by atoms with E-state index in [4.69, 9.17) is 4.74 Å². The molecule has 1 aliphatic heterocycles. The number of ether oxygens (including phenoxy) is 1. The van der Waals surface area contributed by atoms with Crippen LogP contribution in [0.4, 0.5) is 0 Å². The molecular weight excluding hydrogens is 390 g/mol. The Bertz CT molecular complexity index is 1010. The maximum Gasteiger partial charge on any atom is 0.251 e. The van der Waals surface area contributed by atoms with Gasteiger partial charge in [0.05, 0.1) is 6.04 Å². The molecule has 1 aromatic heterocycles. The van der Waals surface area contributed by atoms with Crippen LogP contribution in [-0.2, 0) is 11.4 Å². The van der Waals surface area contributed by atoms with Crippen LogP contribution in [0.5, 0.6) is 5.75 Å². The second-order valence-corrected chi connectivity index (χ2v) is 7.55. The van der Waals surface area contributed by atoms with Crippen molar-refractivity contribution in [2.45, 2.75) is 25.5 Å². The lowest BCUT2D eigenvalue weighted by atomic mass is 10.1. The molecular formula is C25H25N3O3. The van der Waals surface area contributed by atoms with Gasteiger partial charge in [-0.05, 0) is 42.3 Å². The molecule has 158 valence electrons. The van der Waals surface area contributed by atoms with Crippen molar-refractivity contribution in [3.8, 4) is 5.75 Å². The number of amides is 2. The van der Waals surface area contributed by atoms with Crippen LogP contribution in [0, 0.1) is 0 Å². The Balaban J connectivity index is 1.41. The first-order valence-corrected chi connectivity index (χ1v) is 10.4. The Morgan fingerprint density at radius 1 is 1.06 bits per heavy atom. The van der Waals surface area contributed by atoms with E-state index in [1.54, 1.807) is 36.7 Å². The average molecular weight is 415 g/mol. The van der Waals surface area contributed by atoms with Gasteiger partial charge in [0.25, 0.3) is 5.91 Å². The molecule has 0 radical (unpaired) electrons. The van der Waals surface area contributed by atoms with E-state index in [1.165, 1.54) is 0 Å². The van der Waals surface area contributed by atoms with Crippen LogP contribution in [0.25, 0.3) is 0 Å². The van der Waals surface area contributed by atoms with E-state index >= 15 is 0 Å². The van der Waals surface area contributed by atoms with Gasteiger partial charge in [-0.25, -0.2) is 0 Å². The monoisotopic (exact) mass is 415 g/mol. The van der Waals surface area contributed by atoms with E-state index < -0.39 is 0 Å². The minimum absolute atomic E-state index is 0.144. The van der Waals surface area contributed by atoms with Crippen LogP contribution in [0.15, 0.2) is 79.1 Å². The molecule has 1 unspecified atom stereocenters. The third kappa shape index (κ3) is 5.48. The lowest BCUT2D eigenvalue weighted by Gasteiger charge is -2.25. The van der Waals surface area contributed by atoms with Crippen molar-refractivity contribution in [1.82, 2.24) is 15.2 Å². The summed E-state index contributed by atoms with van der Waals surface area (Å²) in [7, 11) is 0. The summed E-state index contributed by atoms with van der Waals surface area (Å²) in [6.45, 7) is 1.63. The topological polar surface area (TPSA) is 71.5 Å². The van der Waals surface area contributed by atoms with Gasteiger partial charge in [0, 0.05) is 43.0 Å². The van der Waals surface area contributed by atoms with Gasteiger partial charge in [-0.3, -0.25) is 14.6 Å². The molecule has 2 heterocycles.